The Morgan fingerprint density at radius 3 is 1.84 bits per heavy atom. The van der Waals surface area contributed by atoms with Gasteiger partial charge in [-0.25, -0.2) is 0 Å². The molecule has 49 heavy (non-hydrogen) atoms. The van der Waals surface area contributed by atoms with Crippen molar-refractivity contribution in [2.75, 3.05) is 19.8 Å². The van der Waals surface area contributed by atoms with Gasteiger partial charge in [-0.05, 0) is 51.4 Å². The molecule has 0 bridgehead atoms. The van der Waals surface area contributed by atoms with Crippen molar-refractivity contribution in [1.29, 1.82) is 0 Å². The van der Waals surface area contributed by atoms with Crippen molar-refractivity contribution in [1.82, 2.24) is 0 Å². The number of aliphatic hydroxyl groups excluding tert-OH is 4. The fourth-order valence-electron chi connectivity index (χ4n) is 4.36. The van der Waals surface area contributed by atoms with Crippen molar-refractivity contribution in [3.8, 4) is 0 Å². The molecule has 10 heteroatoms. The van der Waals surface area contributed by atoms with Crippen LogP contribution in [0.1, 0.15) is 78.1 Å². The highest BCUT2D eigenvalue weighted by atomic mass is 16.7. The Kier molecular flexibility index (Phi) is 26.3. The highest BCUT2D eigenvalue weighted by Crippen LogP contribution is 2.22. The largest absolute Gasteiger partial charge is 0.462 e. The molecule has 274 valence electrons. The van der Waals surface area contributed by atoms with E-state index in [4.69, 9.17) is 18.9 Å². The molecule has 10 nitrogen and oxygen atoms in total. The van der Waals surface area contributed by atoms with Crippen LogP contribution in [0.2, 0.25) is 0 Å². The Labute approximate surface area is 292 Å². The number of rotatable bonds is 25. The molecular weight excluding hydrogens is 628 g/mol. The van der Waals surface area contributed by atoms with Gasteiger partial charge < -0.3 is 39.4 Å². The molecule has 3 unspecified atom stereocenters. The summed E-state index contributed by atoms with van der Waals surface area (Å²) in [5.41, 5.74) is 0. The molecule has 1 aliphatic rings. The molecular formula is C39H58O10. The third-order valence-electron chi connectivity index (χ3n) is 7.09. The summed E-state index contributed by atoms with van der Waals surface area (Å²) < 4.78 is 21.8. The van der Waals surface area contributed by atoms with E-state index < -0.39 is 55.4 Å². The summed E-state index contributed by atoms with van der Waals surface area (Å²) in [5, 5.41) is 39.8. The van der Waals surface area contributed by atoms with E-state index in [0.717, 1.165) is 25.7 Å². The molecule has 0 saturated carbocycles. The summed E-state index contributed by atoms with van der Waals surface area (Å²) in [5.74, 6) is -0.975. The zero-order chi connectivity index (χ0) is 36.0. The summed E-state index contributed by atoms with van der Waals surface area (Å²) in [7, 11) is 0. The number of allylic oxidation sites excluding steroid dienone is 16. The molecule has 0 aromatic rings. The van der Waals surface area contributed by atoms with Gasteiger partial charge in [0.05, 0.1) is 13.2 Å². The molecule has 0 aliphatic carbocycles. The Morgan fingerprint density at radius 1 is 0.653 bits per heavy atom. The first kappa shape index (κ1) is 43.6. The molecule has 0 radical (unpaired) electrons. The van der Waals surface area contributed by atoms with Crippen LogP contribution in [0.3, 0.4) is 0 Å². The standard InChI is InChI=1S/C39H58O10/c1-3-5-7-9-11-13-15-16-18-20-22-24-26-28-35(42)48-32(31-47-39-38(45)37(44)36(43)33(29-40)49-39)30-46-34(41)27-25-23-21-19-17-14-12-10-8-6-4-2/h5-9,11-16,18-22,32-33,36-40,43-45H,3-4,10,17,23-31H2,1-2H3/b7-5+,8-6+,11-9+,14-12+,15-13+,18-16+,21-19+,22-20+/t32?,33-,36+,37?,38?,39-/m1/s1. The van der Waals surface area contributed by atoms with Gasteiger partial charge in [-0.2, -0.15) is 0 Å². The lowest BCUT2D eigenvalue weighted by Crippen LogP contribution is -2.59. The second-order valence-electron chi connectivity index (χ2n) is 11.3. The second kappa shape index (κ2) is 29.5. The van der Waals surface area contributed by atoms with Gasteiger partial charge >= 0.3 is 11.9 Å². The maximum Gasteiger partial charge on any atom is 0.306 e. The number of hydrogen-bond acceptors (Lipinski definition) is 10. The molecule has 0 amide bonds. The smallest absolute Gasteiger partial charge is 0.306 e. The summed E-state index contributed by atoms with van der Waals surface area (Å²) in [4.78, 5) is 25.0. The maximum atomic E-state index is 12.6. The van der Waals surface area contributed by atoms with Crippen molar-refractivity contribution < 1.29 is 49.0 Å². The number of aliphatic hydroxyl groups is 4. The molecule has 1 rings (SSSR count). The van der Waals surface area contributed by atoms with Crippen LogP contribution in [-0.4, -0.2) is 89.0 Å². The average Bonchev–Trinajstić information content (AvgIpc) is 3.10. The van der Waals surface area contributed by atoms with Gasteiger partial charge in [0.15, 0.2) is 12.4 Å². The third-order valence-corrected chi connectivity index (χ3v) is 7.09. The topological polar surface area (TPSA) is 152 Å². The predicted molar refractivity (Wildman–Crippen MR) is 191 cm³/mol. The van der Waals surface area contributed by atoms with Gasteiger partial charge in [0, 0.05) is 12.8 Å². The van der Waals surface area contributed by atoms with E-state index in [1.807, 2.05) is 66.8 Å². The fraction of sp³-hybridized carbons (Fsp3) is 0.538. The van der Waals surface area contributed by atoms with Gasteiger partial charge in [0.25, 0.3) is 0 Å². The van der Waals surface area contributed by atoms with Crippen LogP contribution in [0, 0.1) is 0 Å². The zero-order valence-electron chi connectivity index (χ0n) is 29.1. The van der Waals surface area contributed by atoms with Crippen molar-refractivity contribution in [2.24, 2.45) is 0 Å². The monoisotopic (exact) mass is 686 g/mol. The predicted octanol–water partition coefficient (Wildman–Crippen LogP) is 5.65. The van der Waals surface area contributed by atoms with Crippen molar-refractivity contribution in [3.05, 3.63) is 97.2 Å². The number of carbonyl (C=O) groups is 2. The first-order chi connectivity index (χ1) is 23.8. The van der Waals surface area contributed by atoms with Crippen LogP contribution >= 0.6 is 0 Å². The minimum atomic E-state index is -1.62. The Hall–Kier alpha value is -3.38. The normalized spacial score (nSPS) is 22.8. The first-order valence-corrected chi connectivity index (χ1v) is 17.4. The number of carbonyl (C=O) groups excluding carboxylic acids is 2. The highest BCUT2D eigenvalue weighted by Gasteiger charge is 2.44. The third kappa shape index (κ3) is 22.1. The van der Waals surface area contributed by atoms with Crippen LogP contribution < -0.4 is 0 Å². The van der Waals surface area contributed by atoms with Crippen LogP contribution in [0.15, 0.2) is 97.2 Å². The quantitative estimate of drug-likeness (QED) is 0.0411. The van der Waals surface area contributed by atoms with E-state index in [1.54, 1.807) is 0 Å². The minimum Gasteiger partial charge on any atom is -0.462 e. The summed E-state index contributed by atoms with van der Waals surface area (Å²) in [6.07, 6.45) is 30.2. The number of esters is 2. The zero-order valence-corrected chi connectivity index (χ0v) is 29.1. The Morgan fingerprint density at radius 2 is 1.20 bits per heavy atom. The van der Waals surface area contributed by atoms with E-state index in [2.05, 4.69) is 44.2 Å². The Bertz CT molecular complexity index is 1110. The Balaban J connectivity index is 2.56. The van der Waals surface area contributed by atoms with Crippen molar-refractivity contribution in [2.45, 2.75) is 115 Å². The lowest BCUT2D eigenvalue weighted by atomic mass is 9.99. The van der Waals surface area contributed by atoms with E-state index >= 15 is 0 Å². The fourth-order valence-corrected chi connectivity index (χ4v) is 4.36. The lowest BCUT2D eigenvalue weighted by molar-refractivity contribution is -0.305. The van der Waals surface area contributed by atoms with Gasteiger partial charge in [0.2, 0.25) is 0 Å². The van der Waals surface area contributed by atoms with E-state index in [0.29, 0.717) is 25.7 Å². The van der Waals surface area contributed by atoms with E-state index in [9.17, 15) is 30.0 Å². The summed E-state index contributed by atoms with van der Waals surface area (Å²) in [6, 6.07) is 0. The van der Waals surface area contributed by atoms with Gasteiger partial charge in [0.1, 0.15) is 31.0 Å². The molecule has 1 aliphatic heterocycles. The van der Waals surface area contributed by atoms with Crippen LogP contribution in [-0.2, 0) is 28.5 Å². The molecule has 0 aromatic heterocycles. The van der Waals surface area contributed by atoms with E-state index in [-0.39, 0.29) is 26.1 Å². The number of unbranched alkanes of at least 4 members (excludes halogenated alkanes) is 2. The average molecular weight is 687 g/mol. The first-order valence-electron chi connectivity index (χ1n) is 17.4. The summed E-state index contributed by atoms with van der Waals surface area (Å²) in [6.45, 7) is 2.96. The van der Waals surface area contributed by atoms with Crippen LogP contribution in [0.25, 0.3) is 0 Å². The van der Waals surface area contributed by atoms with Gasteiger partial charge in [-0.1, -0.05) is 111 Å². The molecule has 1 fully saturated rings. The molecule has 6 atom stereocenters. The highest BCUT2D eigenvalue weighted by molar-refractivity contribution is 5.70. The van der Waals surface area contributed by atoms with Gasteiger partial charge in [-0.15, -0.1) is 0 Å². The summed E-state index contributed by atoms with van der Waals surface area (Å²) >= 11 is 0. The molecule has 1 heterocycles. The number of ether oxygens (including phenoxy) is 4. The molecule has 4 N–H and O–H groups in total. The second-order valence-corrected chi connectivity index (χ2v) is 11.3. The van der Waals surface area contributed by atoms with Crippen molar-refractivity contribution in [3.63, 3.8) is 0 Å². The number of hydrogen-bond donors (Lipinski definition) is 4. The molecule has 0 aromatic carbocycles. The van der Waals surface area contributed by atoms with Crippen molar-refractivity contribution >= 4 is 11.9 Å². The van der Waals surface area contributed by atoms with Crippen LogP contribution in [0.5, 0.6) is 0 Å². The van der Waals surface area contributed by atoms with Gasteiger partial charge in [-0.3, -0.25) is 9.59 Å². The SMILES string of the molecule is CC/C=C/C=C/C=C/C=C/C=C/CCCC(=O)OC(COC(=O)CCC/C=C/C/C=C/C/C=C/CC)CO[C@@H]1O[C@H](CO)[C@H](O)C(O)C1O. The molecule has 1 saturated heterocycles. The lowest BCUT2D eigenvalue weighted by Gasteiger charge is -2.39. The minimum absolute atomic E-state index is 0.117. The van der Waals surface area contributed by atoms with Crippen LogP contribution in [0.4, 0.5) is 0 Å². The molecule has 0 spiro atoms. The van der Waals surface area contributed by atoms with E-state index in [1.165, 1.54) is 0 Å². The maximum absolute atomic E-state index is 12.6.